The molecule has 0 spiro atoms. The second kappa shape index (κ2) is 4.19. The number of rotatable bonds is 1. The summed E-state index contributed by atoms with van der Waals surface area (Å²) in [7, 11) is 1.87. The Morgan fingerprint density at radius 3 is 2.65 bits per heavy atom. The van der Waals surface area contributed by atoms with E-state index >= 15 is 0 Å². The van der Waals surface area contributed by atoms with E-state index in [2.05, 4.69) is 9.97 Å². The maximum absolute atomic E-state index is 13.6. The number of nitrogen functional groups attached to an aromatic ring is 2. The minimum atomic E-state index is -0.453. The van der Waals surface area contributed by atoms with E-state index in [4.69, 9.17) is 11.5 Å². The van der Waals surface area contributed by atoms with Crippen LogP contribution >= 0.6 is 0 Å². The molecule has 20 heavy (non-hydrogen) atoms. The molecular formula is C14H14FN5. The molecule has 5 nitrogen and oxygen atoms in total. The van der Waals surface area contributed by atoms with Crippen molar-refractivity contribution in [3.63, 3.8) is 0 Å². The number of halogens is 1. The molecule has 3 rings (SSSR count). The number of nitrogens with two attached hydrogens (primary N) is 2. The summed E-state index contributed by atoms with van der Waals surface area (Å²) in [5.41, 5.74) is 13.8. The van der Waals surface area contributed by atoms with Crippen LogP contribution in [0.15, 0.2) is 24.4 Å². The lowest BCUT2D eigenvalue weighted by Crippen LogP contribution is -1.98. The van der Waals surface area contributed by atoms with Crippen molar-refractivity contribution < 1.29 is 4.39 Å². The number of hydrogen-bond acceptors (Lipinski definition) is 4. The first-order valence-electron chi connectivity index (χ1n) is 6.12. The first kappa shape index (κ1) is 12.4. The summed E-state index contributed by atoms with van der Waals surface area (Å²) in [6.45, 7) is 1.78. The Morgan fingerprint density at radius 2 is 1.95 bits per heavy atom. The first-order chi connectivity index (χ1) is 9.47. The van der Waals surface area contributed by atoms with Crippen LogP contribution in [0.2, 0.25) is 0 Å². The largest absolute Gasteiger partial charge is 0.396 e. The second-order valence-corrected chi connectivity index (χ2v) is 4.74. The molecule has 0 atom stereocenters. The zero-order chi connectivity index (χ0) is 14.4. The maximum atomic E-state index is 13.6. The highest BCUT2D eigenvalue weighted by molar-refractivity contribution is 6.00. The van der Waals surface area contributed by atoms with Crippen molar-refractivity contribution in [1.82, 2.24) is 14.5 Å². The fourth-order valence-electron chi connectivity index (χ4n) is 2.33. The fraction of sp³-hybridized carbons (Fsp3) is 0.143. The van der Waals surface area contributed by atoms with Gasteiger partial charge in [-0.1, -0.05) is 6.07 Å². The molecule has 0 aliphatic carbocycles. The summed E-state index contributed by atoms with van der Waals surface area (Å²) < 4.78 is 15.5. The van der Waals surface area contributed by atoms with Crippen LogP contribution in [0, 0.1) is 12.7 Å². The third-order valence-electron chi connectivity index (χ3n) is 3.27. The molecule has 102 valence electrons. The lowest BCUT2D eigenvalue weighted by atomic mass is 10.1. The molecule has 0 aliphatic heterocycles. The van der Waals surface area contributed by atoms with Crippen LogP contribution in [0.25, 0.3) is 22.2 Å². The van der Waals surface area contributed by atoms with E-state index in [0.29, 0.717) is 17.2 Å². The molecule has 1 aromatic carbocycles. The number of nitrogens with zero attached hydrogens (tertiary/aromatic N) is 3. The third kappa shape index (κ3) is 1.77. The molecule has 0 saturated heterocycles. The molecule has 2 aromatic heterocycles. The van der Waals surface area contributed by atoms with E-state index in [0.717, 1.165) is 16.6 Å². The molecular weight excluding hydrogens is 257 g/mol. The lowest BCUT2D eigenvalue weighted by molar-refractivity contribution is 0.633. The van der Waals surface area contributed by atoms with E-state index < -0.39 is 5.82 Å². The van der Waals surface area contributed by atoms with Gasteiger partial charge in [-0.25, -0.2) is 14.4 Å². The van der Waals surface area contributed by atoms with Crippen molar-refractivity contribution in [1.29, 1.82) is 0 Å². The Kier molecular flexibility index (Phi) is 2.60. The summed E-state index contributed by atoms with van der Waals surface area (Å²) in [5.74, 6) is 0.540. The smallest absolute Gasteiger partial charge is 0.146 e. The zero-order valence-corrected chi connectivity index (χ0v) is 11.2. The van der Waals surface area contributed by atoms with Gasteiger partial charge >= 0.3 is 0 Å². The summed E-state index contributed by atoms with van der Waals surface area (Å²) in [5, 5.41) is 0.724. The van der Waals surface area contributed by atoms with Crippen molar-refractivity contribution in [2.45, 2.75) is 6.92 Å². The van der Waals surface area contributed by atoms with Gasteiger partial charge in [0.15, 0.2) is 0 Å². The highest BCUT2D eigenvalue weighted by atomic mass is 19.1. The molecule has 0 aliphatic rings. The summed E-state index contributed by atoms with van der Waals surface area (Å²) in [6, 6.07) is 4.69. The van der Waals surface area contributed by atoms with Gasteiger partial charge in [-0.15, -0.1) is 0 Å². The number of benzene rings is 1. The van der Waals surface area contributed by atoms with Crippen LogP contribution in [0.3, 0.4) is 0 Å². The van der Waals surface area contributed by atoms with Crippen LogP contribution < -0.4 is 11.5 Å². The zero-order valence-electron chi connectivity index (χ0n) is 11.2. The average molecular weight is 271 g/mol. The second-order valence-electron chi connectivity index (χ2n) is 4.74. The predicted octanol–water partition coefficient (Wildman–Crippen LogP) is 2.25. The van der Waals surface area contributed by atoms with Gasteiger partial charge in [0.05, 0.1) is 11.1 Å². The van der Waals surface area contributed by atoms with Crippen LogP contribution in [0.1, 0.15) is 5.82 Å². The molecule has 0 unspecified atom stereocenters. The SMILES string of the molecule is Cc1nc(N)c2c(-c3ccc(N)c(F)c3)cn(C)c2n1. The molecule has 0 amide bonds. The number of fused-ring (bicyclic) bond motifs is 1. The topological polar surface area (TPSA) is 82.7 Å². The predicted molar refractivity (Wildman–Crippen MR) is 77.5 cm³/mol. The van der Waals surface area contributed by atoms with Crippen LogP contribution in [0.4, 0.5) is 15.9 Å². The van der Waals surface area contributed by atoms with E-state index in [-0.39, 0.29) is 5.69 Å². The van der Waals surface area contributed by atoms with Crippen molar-refractivity contribution in [2.24, 2.45) is 7.05 Å². The van der Waals surface area contributed by atoms with Gasteiger partial charge in [-0.05, 0) is 24.6 Å². The molecule has 3 aromatic rings. The van der Waals surface area contributed by atoms with Crippen molar-refractivity contribution in [2.75, 3.05) is 11.5 Å². The highest BCUT2D eigenvalue weighted by Crippen LogP contribution is 2.33. The van der Waals surface area contributed by atoms with E-state index in [9.17, 15) is 4.39 Å². The van der Waals surface area contributed by atoms with Crippen molar-refractivity contribution >= 4 is 22.5 Å². The molecule has 0 bridgehead atoms. The van der Waals surface area contributed by atoms with E-state index in [1.165, 1.54) is 12.1 Å². The van der Waals surface area contributed by atoms with Gasteiger partial charge in [-0.3, -0.25) is 0 Å². The summed E-state index contributed by atoms with van der Waals surface area (Å²) in [4.78, 5) is 8.55. The molecule has 0 saturated carbocycles. The molecule has 2 heterocycles. The summed E-state index contributed by atoms with van der Waals surface area (Å²) >= 11 is 0. The van der Waals surface area contributed by atoms with Gasteiger partial charge in [0.2, 0.25) is 0 Å². The van der Waals surface area contributed by atoms with Crippen molar-refractivity contribution in [3.05, 3.63) is 36.0 Å². The minimum absolute atomic E-state index is 0.119. The quantitative estimate of drug-likeness (QED) is 0.665. The van der Waals surface area contributed by atoms with E-state index in [1.807, 2.05) is 17.8 Å². The molecule has 4 N–H and O–H groups in total. The van der Waals surface area contributed by atoms with Crippen molar-refractivity contribution in [3.8, 4) is 11.1 Å². The van der Waals surface area contributed by atoms with Gasteiger partial charge in [0.25, 0.3) is 0 Å². The van der Waals surface area contributed by atoms with Crippen LogP contribution in [0.5, 0.6) is 0 Å². The molecule has 0 radical (unpaired) electrons. The Labute approximate surface area is 115 Å². The number of aryl methyl sites for hydroxylation is 2. The Bertz CT molecular complexity index is 822. The minimum Gasteiger partial charge on any atom is -0.396 e. The highest BCUT2D eigenvalue weighted by Gasteiger charge is 2.15. The lowest BCUT2D eigenvalue weighted by Gasteiger charge is -2.04. The molecule has 0 fully saturated rings. The third-order valence-corrected chi connectivity index (χ3v) is 3.27. The van der Waals surface area contributed by atoms with Crippen LogP contribution in [-0.2, 0) is 7.05 Å². The van der Waals surface area contributed by atoms with Gasteiger partial charge in [0.1, 0.15) is 23.1 Å². The van der Waals surface area contributed by atoms with Gasteiger partial charge in [-0.2, -0.15) is 0 Å². The maximum Gasteiger partial charge on any atom is 0.146 e. The normalized spacial score (nSPS) is 11.2. The van der Waals surface area contributed by atoms with Gasteiger partial charge < -0.3 is 16.0 Å². The first-order valence-corrected chi connectivity index (χ1v) is 6.12. The van der Waals surface area contributed by atoms with Crippen LogP contribution in [-0.4, -0.2) is 14.5 Å². The number of aromatic nitrogens is 3. The number of anilines is 2. The Balaban J connectivity index is 2.34. The standard InChI is InChI=1S/C14H14FN5/c1-7-18-13(17)12-9(6-20(2)14(12)19-7)8-3-4-11(16)10(15)5-8/h3-6H,16H2,1-2H3,(H2,17,18,19). The number of hydrogen-bond donors (Lipinski definition) is 2. The fourth-order valence-corrected chi connectivity index (χ4v) is 2.33. The van der Waals surface area contributed by atoms with E-state index in [1.54, 1.807) is 13.0 Å². The van der Waals surface area contributed by atoms with Gasteiger partial charge in [0, 0.05) is 18.8 Å². The molecule has 6 heteroatoms. The monoisotopic (exact) mass is 271 g/mol. The summed E-state index contributed by atoms with van der Waals surface area (Å²) in [6.07, 6.45) is 1.86. The Morgan fingerprint density at radius 1 is 1.20 bits per heavy atom. The average Bonchev–Trinajstić information content (AvgIpc) is 2.71. The Hall–Kier alpha value is -2.63.